The highest BCUT2D eigenvalue weighted by atomic mass is 35.5. The Bertz CT molecular complexity index is 1410. The highest BCUT2D eigenvalue weighted by Crippen LogP contribution is 2.26. The van der Waals surface area contributed by atoms with E-state index in [0.29, 0.717) is 10.7 Å². The molecule has 0 fully saturated rings. The molecule has 0 bridgehead atoms. The second-order valence-corrected chi connectivity index (χ2v) is 12.1. The predicted octanol–water partition coefficient (Wildman–Crippen LogP) is 5.48. The molecule has 1 N–H and O–H groups in total. The number of anilines is 1. The molecule has 3 rings (SSSR count). The van der Waals surface area contributed by atoms with Crippen molar-refractivity contribution in [1.29, 1.82) is 0 Å². The minimum absolute atomic E-state index is 0.00834. The zero-order valence-corrected chi connectivity index (χ0v) is 24.6. The van der Waals surface area contributed by atoms with E-state index in [1.54, 1.807) is 25.1 Å². The number of hydrogen-bond donors (Lipinski definition) is 1. The van der Waals surface area contributed by atoms with E-state index in [1.165, 1.54) is 29.2 Å². The first kappa shape index (κ1) is 30.2. The predicted molar refractivity (Wildman–Crippen MR) is 156 cm³/mol. The maximum atomic E-state index is 14.0. The topological polar surface area (TPSA) is 86.8 Å². The third-order valence-electron chi connectivity index (χ3n) is 6.57. The van der Waals surface area contributed by atoms with Gasteiger partial charge in [0.1, 0.15) is 12.6 Å². The molecule has 208 valence electrons. The van der Waals surface area contributed by atoms with E-state index in [9.17, 15) is 18.0 Å². The van der Waals surface area contributed by atoms with Crippen molar-refractivity contribution < 1.29 is 18.0 Å². The smallest absolute Gasteiger partial charge is 0.264 e. The third kappa shape index (κ3) is 7.83. The summed E-state index contributed by atoms with van der Waals surface area (Å²) < 4.78 is 28.8. The van der Waals surface area contributed by atoms with Crippen molar-refractivity contribution in [3.8, 4) is 0 Å². The quantitative estimate of drug-likeness (QED) is 0.331. The number of halogens is 1. The van der Waals surface area contributed by atoms with E-state index in [4.69, 9.17) is 11.6 Å². The number of amides is 2. The van der Waals surface area contributed by atoms with E-state index in [0.717, 1.165) is 27.4 Å². The lowest BCUT2D eigenvalue weighted by atomic mass is 10.1. The molecule has 0 aromatic heterocycles. The largest absolute Gasteiger partial charge is 0.352 e. The molecule has 39 heavy (non-hydrogen) atoms. The maximum absolute atomic E-state index is 14.0. The number of aryl methyl sites for hydroxylation is 2. The zero-order chi connectivity index (χ0) is 28.7. The molecule has 3 aromatic rings. The van der Waals surface area contributed by atoms with Gasteiger partial charge in [-0.15, -0.1) is 0 Å². The van der Waals surface area contributed by atoms with Gasteiger partial charge in [-0.1, -0.05) is 60.5 Å². The third-order valence-corrected chi connectivity index (χ3v) is 8.61. The van der Waals surface area contributed by atoms with E-state index >= 15 is 0 Å². The van der Waals surface area contributed by atoms with Gasteiger partial charge in [-0.25, -0.2) is 8.42 Å². The standard InChI is InChI=1S/C30H36ClN3O4S/c1-6-23(4)32-30(36)24(5)33(19-25-11-7-9-21(2)17-25)29(35)20-34(27-12-8-10-22(3)18-27)39(37,38)28-15-13-26(31)14-16-28/h7-18,23-24H,6,19-20H2,1-5H3,(H,32,36)/t23-,24+/m0/s1. The molecule has 0 saturated heterocycles. The first-order chi connectivity index (χ1) is 18.4. The van der Waals surface area contributed by atoms with Crippen LogP contribution in [0.5, 0.6) is 0 Å². The summed E-state index contributed by atoms with van der Waals surface area (Å²) in [7, 11) is -4.14. The molecule has 0 radical (unpaired) electrons. The molecular weight excluding hydrogens is 534 g/mol. The summed E-state index contributed by atoms with van der Waals surface area (Å²) in [5, 5.41) is 3.34. The SMILES string of the molecule is CC[C@H](C)NC(=O)[C@@H](C)N(Cc1cccc(C)c1)C(=O)CN(c1cccc(C)c1)S(=O)(=O)c1ccc(Cl)cc1. The lowest BCUT2D eigenvalue weighted by Crippen LogP contribution is -2.52. The Hall–Kier alpha value is -3.36. The van der Waals surface area contributed by atoms with Crippen molar-refractivity contribution in [2.24, 2.45) is 0 Å². The number of hydrogen-bond acceptors (Lipinski definition) is 4. The van der Waals surface area contributed by atoms with Crippen LogP contribution in [-0.4, -0.2) is 43.8 Å². The van der Waals surface area contributed by atoms with Gasteiger partial charge in [-0.2, -0.15) is 0 Å². The number of nitrogens with one attached hydrogen (secondary N) is 1. The number of benzene rings is 3. The highest BCUT2D eigenvalue weighted by molar-refractivity contribution is 7.92. The lowest BCUT2D eigenvalue weighted by Gasteiger charge is -2.32. The van der Waals surface area contributed by atoms with Crippen LogP contribution >= 0.6 is 11.6 Å². The van der Waals surface area contributed by atoms with Gasteiger partial charge in [0.05, 0.1) is 10.6 Å². The van der Waals surface area contributed by atoms with E-state index in [-0.39, 0.29) is 23.4 Å². The monoisotopic (exact) mass is 569 g/mol. The molecule has 0 saturated carbocycles. The molecular formula is C30H36ClN3O4S. The van der Waals surface area contributed by atoms with Crippen LogP contribution in [0, 0.1) is 13.8 Å². The number of sulfonamides is 1. The Morgan fingerprint density at radius 2 is 1.54 bits per heavy atom. The Kier molecular flexibility index (Phi) is 10.2. The van der Waals surface area contributed by atoms with Gasteiger partial charge in [0.15, 0.2) is 0 Å². The van der Waals surface area contributed by atoms with Crippen LogP contribution < -0.4 is 9.62 Å². The lowest BCUT2D eigenvalue weighted by molar-refractivity contribution is -0.139. The summed E-state index contributed by atoms with van der Waals surface area (Å²) in [6.45, 7) is 8.99. The van der Waals surface area contributed by atoms with Gasteiger partial charge in [0.25, 0.3) is 10.0 Å². The average Bonchev–Trinajstić information content (AvgIpc) is 2.89. The fraction of sp³-hybridized carbons (Fsp3) is 0.333. The summed E-state index contributed by atoms with van der Waals surface area (Å²) in [4.78, 5) is 28.5. The van der Waals surface area contributed by atoms with Gasteiger partial charge < -0.3 is 10.2 Å². The number of nitrogens with zero attached hydrogens (tertiary/aromatic N) is 2. The fourth-order valence-electron chi connectivity index (χ4n) is 4.10. The van der Waals surface area contributed by atoms with E-state index in [2.05, 4.69) is 5.32 Å². The molecule has 0 aliphatic heterocycles. The average molecular weight is 570 g/mol. The first-order valence-corrected chi connectivity index (χ1v) is 14.7. The summed E-state index contributed by atoms with van der Waals surface area (Å²) in [5.74, 6) is -0.796. The van der Waals surface area contributed by atoms with Crippen LogP contribution in [0.1, 0.15) is 43.9 Å². The molecule has 0 aliphatic carbocycles. The number of rotatable bonds is 11. The molecule has 2 atom stereocenters. The minimum atomic E-state index is -4.14. The fourth-order valence-corrected chi connectivity index (χ4v) is 5.63. The summed E-state index contributed by atoms with van der Waals surface area (Å²) in [5.41, 5.74) is 3.05. The van der Waals surface area contributed by atoms with Gasteiger partial charge >= 0.3 is 0 Å². The van der Waals surface area contributed by atoms with Crippen LogP contribution in [0.4, 0.5) is 5.69 Å². The first-order valence-electron chi connectivity index (χ1n) is 12.9. The van der Waals surface area contributed by atoms with Gasteiger partial charge in [-0.3, -0.25) is 13.9 Å². The Labute approximate surface area is 236 Å². The van der Waals surface area contributed by atoms with Crippen LogP contribution in [0.15, 0.2) is 77.7 Å². The maximum Gasteiger partial charge on any atom is 0.264 e. The molecule has 3 aromatic carbocycles. The normalized spacial score (nSPS) is 12.9. The van der Waals surface area contributed by atoms with Crippen LogP contribution in [0.3, 0.4) is 0 Å². The van der Waals surface area contributed by atoms with Crippen molar-refractivity contribution in [1.82, 2.24) is 10.2 Å². The summed E-state index contributed by atoms with van der Waals surface area (Å²) in [6, 6.07) is 19.6. The van der Waals surface area contributed by atoms with Gasteiger partial charge in [0.2, 0.25) is 11.8 Å². The van der Waals surface area contributed by atoms with Crippen molar-refractivity contribution in [3.05, 3.63) is 94.5 Å². The van der Waals surface area contributed by atoms with Crippen LogP contribution in [-0.2, 0) is 26.2 Å². The van der Waals surface area contributed by atoms with Crippen molar-refractivity contribution in [2.45, 2.75) is 64.6 Å². The van der Waals surface area contributed by atoms with E-state index in [1.807, 2.05) is 58.0 Å². The Balaban J connectivity index is 2.03. The molecule has 7 nitrogen and oxygen atoms in total. The Morgan fingerprint density at radius 3 is 2.13 bits per heavy atom. The molecule has 9 heteroatoms. The minimum Gasteiger partial charge on any atom is -0.352 e. The Morgan fingerprint density at radius 1 is 0.923 bits per heavy atom. The van der Waals surface area contributed by atoms with Crippen LogP contribution in [0.2, 0.25) is 5.02 Å². The van der Waals surface area contributed by atoms with Crippen molar-refractivity contribution in [2.75, 3.05) is 10.8 Å². The van der Waals surface area contributed by atoms with Crippen LogP contribution in [0.25, 0.3) is 0 Å². The number of carbonyl (C=O) groups is 2. The zero-order valence-electron chi connectivity index (χ0n) is 23.0. The van der Waals surface area contributed by atoms with Gasteiger partial charge in [-0.05, 0) is 81.6 Å². The summed E-state index contributed by atoms with van der Waals surface area (Å²) >= 11 is 6.00. The number of carbonyl (C=O) groups excluding carboxylic acids is 2. The molecule has 2 amide bonds. The summed E-state index contributed by atoms with van der Waals surface area (Å²) in [6.07, 6.45) is 0.741. The highest BCUT2D eigenvalue weighted by Gasteiger charge is 2.32. The molecule has 0 heterocycles. The van der Waals surface area contributed by atoms with E-state index < -0.39 is 28.5 Å². The van der Waals surface area contributed by atoms with Crippen molar-refractivity contribution >= 4 is 39.1 Å². The van der Waals surface area contributed by atoms with Crippen molar-refractivity contribution in [3.63, 3.8) is 0 Å². The van der Waals surface area contributed by atoms with Gasteiger partial charge in [0, 0.05) is 17.6 Å². The molecule has 0 aliphatic rings. The molecule has 0 unspecified atom stereocenters. The second kappa shape index (κ2) is 13.1. The second-order valence-electron chi connectivity index (χ2n) is 9.81. The molecule has 0 spiro atoms.